The quantitative estimate of drug-likeness (QED) is 0.721. The van der Waals surface area contributed by atoms with Crippen LogP contribution in [0.5, 0.6) is 11.5 Å². The highest BCUT2D eigenvalue weighted by molar-refractivity contribution is 5.85. The van der Waals surface area contributed by atoms with Crippen LogP contribution < -0.4 is 20.5 Å². The molecule has 2 rings (SSSR count). The average Bonchev–Trinajstić information content (AvgIpc) is 2.67. The molecular formula is C21H29ClN2O3. The molecule has 3 atom stereocenters. The summed E-state index contributed by atoms with van der Waals surface area (Å²) >= 11 is 0. The van der Waals surface area contributed by atoms with Gasteiger partial charge in [0.2, 0.25) is 5.91 Å². The molecule has 0 aliphatic heterocycles. The number of carbonyl (C=O) groups is 1. The van der Waals surface area contributed by atoms with Crippen molar-refractivity contribution in [2.45, 2.75) is 32.4 Å². The SMILES string of the molecule is COc1ccc(CC(C)NC(=O)C(C)C(N)c2ccccc2)cc1OC.Cl. The van der Waals surface area contributed by atoms with Crippen LogP contribution in [-0.4, -0.2) is 26.2 Å². The van der Waals surface area contributed by atoms with Gasteiger partial charge >= 0.3 is 0 Å². The maximum Gasteiger partial charge on any atom is 0.224 e. The van der Waals surface area contributed by atoms with Gasteiger partial charge in [0.25, 0.3) is 0 Å². The first-order valence-electron chi connectivity index (χ1n) is 8.78. The molecule has 6 heteroatoms. The summed E-state index contributed by atoms with van der Waals surface area (Å²) < 4.78 is 10.6. The summed E-state index contributed by atoms with van der Waals surface area (Å²) in [6, 6.07) is 15.1. The van der Waals surface area contributed by atoms with E-state index in [0.29, 0.717) is 17.9 Å². The first-order valence-corrected chi connectivity index (χ1v) is 8.78. The molecular weight excluding hydrogens is 364 g/mol. The number of carbonyl (C=O) groups excluding carboxylic acids is 1. The second-order valence-corrected chi connectivity index (χ2v) is 6.53. The zero-order chi connectivity index (χ0) is 19.1. The topological polar surface area (TPSA) is 73.6 Å². The van der Waals surface area contributed by atoms with Gasteiger partial charge in [0, 0.05) is 12.1 Å². The minimum absolute atomic E-state index is 0. The van der Waals surface area contributed by atoms with Gasteiger partial charge in [0.1, 0.15) is 0 Å². The van der Waals surface area contributed by atoms with Gasteiger partial charge in [-0.15, -0.1) is 12.4 Å². The monoisotopic (exact) mass is 392 g/mol. The summed E-state index contributed by atoms with van der Waals surface area (Å²) in [7, 11) is 3.22. The van der Waals surface area contributed by atoms with E-state index < -0.39 is 0 Å². The average molecular weight is 393 g/mol. The summed E-state index contributed by atoms with van der Waals surface area (Å²) in [6.45, 7) is 3.84. The smallest absolute Gasteiger partial charge is 0.224 e. The Morgan fingerprint density at radius 1 is 1.04 bits per heavy atom. The van der Waals surface area contributed by atoms with E-state index >= 15 is 0 Å². The standard InChI is InChI=1S/C21H28N2O3.ClH/c1-14(12-16-10-11-18(25-3)19(13-16)26-4)23-21(24)15(2)20(22)17-8-6-5-7-9-17;/h5-11,13-15,20H,12,22H2,1-4H3,(H,23,24);1H. The van der Waals surface area contributed by atoms with E-state index in [2.05, 4.69) is 5.32 Å². The van der Waals surface area contributed by atoms with Crippen molar-refractivity contribution in [2.75, 3.05) is 14.2 Å². The highest BCUT2D eigenvalue weighted by Crippen LogP contribution is 2.28. The number of hydrogen-bond acceptors (Lipinski definition) is 4. The molecule has 0 heterocycles. The summed E-state index contributed by atoms with van der Waals surface area (Å²) in [5.74, 6) is 1.01. The molecule has 0 radical (unpaired) electrons. The molecule has 1 amide bonds. The molecule has 148 valence electrons. The van der Waals surface area contributed by atoms with Crippen LogP contribution in [0, 0.1) is 5.92 Å². The number of nitrogens with two attached hydrogens (primary N) is 1. The van der Waals surface area contributed by atoms with Crippen LogP contribution in [0.1, 0.15) is 31.0 Å². The van der Waals surface area contributed by atoms with Gasteiger partial charge in [-0.05, 0) is 36.6 Å². The van der Waals surface area contributed by atoms with Crippen LogP contribution in [-0.2, 0) is 11.2 Å². The van der Waals surface area contributed by atoms with E-state index in [1.807, 2.05) is 62.4 Å². The number of rotatable bonds is 8. The zero-order valence-electron chi connectivity index (χ0n) is 16.3. The van der Waals surface area contributed by atoms with E-state index in [1.165, 1.54) is 0 Å². The minimum atomic E-state index is -0.329. The fraction of sp³-hybridized carbons (Fsp3) is 0.381. The van der Waals surface area contributed by atoms with Crippen LogP contribution in [0.3, 0.4) is 0 Å². The minimum Gasteiger partial charge on any atom is -0.493 e. The van der Waals surface area contributed by atoms with Gasteiger partial charge < -0.3 is 20.5 Å². The molecule has 0 saturated carbocycles. The van der Waals surface area contributed by atoms with Crippen LogP contribution in [0.4, 0.5) is 0 Å². The molecule has 2 aromatic carbocycles. The van der Waals surface area contributed by atoms with Crippen LogP contribution in [0.25, 0.3) is 0 Å². The van der Waals surface area contributed by atoms with Gasteiger partial charge in [0.15, 0.2) is 11.5 Å². The maximum atomic E-state index is 12.5. The van der Waals surface area contributed by atoms with E-state index in [4.69, 9.17) is 15.2 Å². The van der Waals surface area contributed by atoms with Crippen molar-refractivity contribution in [1.29, 1.82) is 0 Å². The van der Waals surface area contributed by atoms with Crippen molar-refractivity contribution in [3.05, 3.63) is 59.7 Å². The molecule has 0 saturated heterocycles. The van der Waals surface area contributed by atoms with E-state index in [9.17, 15) is 4.79 Å². The lowest BCUT2D eigenvalue weighted by molar-refractivity contribution is -0.125. The van der Waals surface area contributed by atoms with Crippen molar-refractivity contribution < 1.29 is 14.3 Å². The van der Waals surface area contributed by atoms with Gasteiger partial charge in [-0.2, -0.15) is 0 Å². The molecule has 0 aliphatic carbocycles. The number of hydrogen-bond donors (Lipinski definition) is 2. The number of ether oxygens (including phenoxy) is 2. The third kappa shape index (κ3) is 6.15. The molecule has 27 heavy (non-hydrogen) atoms. The Bertz CT molecular complexity index is 725. The van der Waals surface area contributed by atoms with Crippen LogP contribution in [0.15, 0.2) is 48.5 Å². The predicted octanol–water partition coefficient (Wildman–Crippen LogP) is 3.51. The number of amides is 1. The van der Waals surface area contributed by atoms with Crippen molar-refractivity contribution in [1.82, 2.24) is 5.32 Å². The number of nitrogens with one attached hydrogen (secondary N) is 1. The van der Waals surface area contributed by atoms with Crippen LogP contribution in [0.2, 0.25) is 0 Å². The normalized spacial score (nSPS) is 13.7. The molecule has 0 aromatic heterocycles. The largest absolute Gasteiger partial charge is 0.493 e. The number of methoxy groups -OCH3 is 2. The predicted molar refractivity (Wildman–Crippen MR) is 111 cm³/mol. The van der Waals surface area contributed by atoms with Crippen LogP contribution >= 0.6 is 12.4 Å². The molecule has 0 fully saturated rings. The van der Waals surface area contributed by atoms with Crippen molar-refractivity contribution in [2.24, 2.45) is 11.7 Å². The number of halogens is 1. The molecule has 5 nitrogen and oxygen atoms in total. The van der Waals surface area contributed by atoms with Crippen molar-refractivity contribution in [3.63, 3.8) is 0 Å². The fourth-order valence-electron chi connectivity index (χ4n) is 2.91. The summed E-state index contributed by atoms with van der Waals surface area (Å²) in [5.41, 5.74) is 8.27. The molecule has 0 spiro atoms. The summed E-state index contributed by atoms with van der Waals surface area (Å²) in [6.07, 6.45) is 0.694. The Hall–Kier alpha value is -2.24. The van der Waals surface area contributed by atoms with Gasteiger partial charge in [-0.25, -0.2) is 0 Å². The lowest BCUT2D eigenvalue weighted by Gasteiger charge is -2.22. The van der Waals surface area contributed by atoms with E-state index in [0.717, 1.165) is 11.1 Å². The van der Waals surface area contributed by atoms with E-state index in [1.54, 1.807) is 14.2 Å². The summed E-state index contributed by atoms with van der Waals surface area (Å²) in [4.78, 5) is 12.5. The van der Waals surface area contributed by atoms with Crippen molar-refractivity contribution in [3.8, 4) is 11.5 Å². The first kappa shape index (κ1) is 22.8. The molecule has 3 N–H and O–H groups in total. The second kappa shape index (κ2) is 10.8. The Kier molecular flexibility index (Phi) is 9.12. The second-order valence-electron chi connectivity index (χ2n) is 6.53. The Morgan fingerprint density at radius 2 is 1.67 bits per heavy atom. The first-order chi connectivity index (χ1) is 12.5. The Labute approximate surface area is 167 Å². The van der Waals surface area contributed by atoms with Gasteiger partial charge in [-0.3, -0.25) is 4.79 Å². The third-order valence-corrected chi connectivity index (χ3v) is 4.52. The molecule has 0 aliphatic rings. The highest BCUT2D eigenvalue weighted by atomic mass is 35.5. The summed E-state index contributed by atoms with van der Waals surface area (Å²) in [5, 5.41) is 3.05. The number of benzene rings is 2. The Morgan fingerprint density at radius 3 is 2.26 bits per heavy atom. The van der Waals surface area contributed by atoms with Gasteiger partial charge in [0.05, 0.1) is 20.1 Å². The molecule has 3 unspecified atom stereocenters. The van der Waals surface area contributed by atoms with Crippen molar-refractivity contribution >= 4 is 18.3 Å². The van der Waals surface area contributed by atoms with Gasteiger partial charge in [-0.1, -0.05) is 43.3 Å². The lowest BCUT2D eigenvalue weighted by Crippen LogP contribution is -2.41. The molecule has 2 aromatic rings. The lowest BCUT2D eigenvalue weighted by atomic mass is 9.94. The fourth-order valence-corrected chi connectivity index (χ4v) is 2.91. The highest BCUT2D eigenvalue weighted by Gasteiger charge is 2.23. The zero-order valence-corrected chi connectivity index (χ0v) is 17.1. The Balaban J connectivity index is 0.00000364. The maximum absolute atomic E-state index is 12.5. The third-order valence-electron chi connectivity index (χ3n) is 4.52. The van der Waals surface area contributed by atoms with E-state index in [-0.39, 0.29) is 36.3 Å². The molecule has 0 bridgehead atoms.